The van der Waals surface area contributed by atoms with Crippen molar-refractivity contribution in [2.24, 2.45) is 0 Å². The maximum atomic E-state index is 12.0. The van der Waals surface area contributed by atoms with E-state index in [1.165, 1.54) is 7.11 Å². The SMILES string of the molecule is COc1cc(C(=O)NCC2COCCO2)ccc1N. The molecule has 2 rings (SSSR count). The molecular formula is C13H18N2O4. The molecule has 1 heterocycles. The number of rotatable bonds is 4. The number of methoxy groups -OCH3 is 1. The lowest BCUT2D eigenvalue weighted by Crippen LogP contribution is -2.39. The van der Waals surface area contributed by atoms with Gasteiger partial charge < -0.3 is 25.3 Å². The molecule has 19 heavy (non-hydrogen) atoms. The van der Waals surface area contributed by atoms with Gasteiger partial charge in [0.1, 0.15) is 5.75 Å². The van der Waals surface area contributed by atoms with Crippen LogP contribution in [0.2, 0.25) is 0 Å². The minimum absolute atomic E-state index is 0.0895. The average molecular weight is 266 g/mol. The van der Waals surface area contributed by atoms with E-state index in [-0.39, 0.29) is 12.0 Å². The predicted octanol–water partition coefficient (Wildman–Crippen LogP) is 0.423. The first-order valence-electron chi connectivity index (χ1n) is 6.11. The van der Waals surface area contributed by atoms with Gasteiger partial charge in [-0.3, -0.25) is 4.79 Å². The van der Waals surface area contributed by atoms with Crippen LogP contribution in [0.25, 0.3) is 0 Å². The fourth-order valence-corrected chi connectivity index (χ4v) is 1.82. The van der Waals surface area contributed by atoms with Gasteiger partial charge in [0.05, 0.1) is 38.7 Å². The molecule has 0 saturated carbocycles. The first-order chi connectivity index (χ1) is 9.20. The second-order valence-corrected chi connectivity index (χ2v) is 4.23. The Labute approximate surface area is 111 Å². The zero-order chi connectivity index (χ0) is 13.7. The van der Waals surface area contributed by atoms with E-state index in [2.05, 4.69) is 5.32 Å². The highest BCUT2D eigenvalue weighted by Gasteiger charge is 2.16. The van der Waals surface area contributed by atoms with Crippen molar-refractivity contribution in [2.75, 3.05) is 39.2 Å². The van der Waals surface area contributed by atoms with E-state index >= 15 is 0 Å². The predicted molar refractivity (Wildman–Crippen MR) is 70.3 cm³/mol. The van der Waals surface area contributed by atoms with Crippen LogP contribution in [-0.2, 0) is 9.47 Å². The Kier molecular flexibility index (Phi) is 4.59. The van der Waals surface area contributed by atoms with Gasteiger partial charge in [0.15, 0.2) is 0 Å². The number of nitrogens with one attached hydrogen (secondary N) is 1. The number of carbonyl (C=O) groups is 1. The molecular weight excluding hydrogens is 248 g/mol. The number of hydrogen-bond donors (Lipinski definition) is 2. The van der Waals surface area contributed by atoms with Crippen molar-refractivity contribution >= 4 is 11.6 Å². The Hall–Kier alpha value is -1.79. The Morgan fingerprint density at radius 2 is 2.37 bits per heavy atom. The summed E-state index contributed by atoms with van der Waals surface area (Å²) in [6.45, 7) is 2.10. The molecule has 1 unspecified atom stereocenters. The highest BCUT2D eigenvalue weighted by Crippen LogP contribution is 2.21. The highest BCUT2D eigenvalue weighted by molar-refractivity contribution is 5.95. The quantitative estimate of drug-likeness (QED) is 0.772. The maximum Gasteiger partial charge on any atom is 0.251 e. The summed E-state index contributed by atoms with van der Waals surface area (Å²) in [4.78, 5) is 12.0. The van der Waals surface area contributed by atoms with Crippen LogP contribution in [0.4, 0.5) is 5.69 Å². The summed E-state index contributed by atoms with van der Waals surface area (Å²) in [7, 11) is 1.51. The molecule has 1 aromatic carbocycles. The van der Waals surface area contributed by atoms with Gasteiger partial charge in [-0.25, -0.2) is 0 Å². The number of carbonyl (C=O) groups excluding carboxylic acids is 1. The van der Waals surface area contributed by atoms with E-state index in [0.29, 0.717) is 43.4 Å². The van der Waals surface area contributed by atoms with Crippen LogP contribution < -0.4 is 15.8 Å². The van der Waals surface area contributed by atoms with Gasteiger partial charge in [-0.1, -0.05) is 0 Å². The number of nitrogens with two attached hydrogens (primary N) is 1. The number of benzene rings is 1. The van der Waals surface area contributed by atoms with E-state index in [1.807, 2.05) is 0 Å². The van der Waals surface area contributed by atoms with Crippen molar-refractivity contribution in [2.45, 2.75) is 6.10 Å². The van der Waals surface area contributed by atoms with Gasteiger partial charge in [0.25, 0.3) is 5.91 Å². The molecule has 1 aliphatic rings. The van der Waals surface area contributed by atoms with Gasteiger partial charge in [-0.05, 0) is 18.2 Å². The fraction of sp³-hybridized carbons (Fsp3) is 0.462. The molecule has 6 nitrogen and oxygen atoms in total. The zero-order valence-electron chi connectivity index (χ0n) is 10.8. The van der Waals surface area contributed by atoms with Crippen LogP contribution in [0.3, 0.4) is 0 Å². The Morgan fingerprint density at radius 3 is 3.05 bits per heavy atom. The molecule has 0 radical (unpaired) electrons. The molecule has 0 aliphatic carbocycles. The molecule has 1 aliphatic heterocycles. The molecule has 6 heteroatoms. The standard InChI is InChI=1S/C13H18N2O4/c1-17-12-6-9(2-3-11(12)14)13(16)15-7-10-8-18-4-5-19-10/h2-3,6,10H,4-5,7-8,14H2,1H3,(H,15,16). The number of nitrogen functional groups attached to an aromatic ring is 1. The monoisotopic (exact) mass is 266 g/mol. The first kappa shape index (κ1) is 13.6. The molecule has 1 aromatic rings. The summed E-state index contributed by atoms with van der Waals surface area (Å²) in [5.41, 5.74) is 6.70. The van der Waals surface area contributed by atoms with Crippen molar-refractivity contribution in [3.63, 3.8) is 0 Å². The number of ether oxygens (including phenoxy) is 3. The van der Waals surface area contributed by atoms with Crippen molar-refractivity contribution in [3.05, 3.63) is 23.8 Å². The molecule has 3 N–H and O–H groups in total. The van der Waals surface area contributed by atoms with E-state index in [4.69, 9.17) is 19.9 Å². The van der Waals surface area contributed by atoms with E-state index < -0.39 is 0 Å². The van der Waals surface area contributed by atoms with Crippen LogP contribution in [0, 0.1) is 0 Å². The summed E-state index contributed by atoms with van der Waals surface area (Å²) < 4.78 is 15.8. The topological polar surface area (TPSA) is 82.8 Å². The van der Waals surface area contributed by atoms with Gasteiger partial charge in [0, 0.05) is 12.1 Å². The largest absolute Gasteiger partial charge is 0.495 e. The zero-order valence-corrected chi connectivity index (χ0v) is 10.8. The number of anilines is 1. The first-order valence-corrected chi connectivity index (χ1v) is 6.11. The summed E-state index contributed by atoms with van der Waals surface area (Å²) in [5, 5.41) is 2.80. The minimum Gasteiger partial charge on any atom is -0.495 e. The third-order valence-corrected chi connectivity index (χ3v) is 2.87. The third kappa shape index (κ3) is 3.59. The molecule has 0 aromatic heterocycles. The van der Waals surface area contributed by atoms with E-state index in [9.17, 15) is 4.79 Å². The minimum atomic E-state index is -0.188. The van der Waals surface area contributed by atoms with Crippen LogP contribution in [-0.4, -0.2) is 45.5 Å². The van der Waals surface area contributed by atoms with Gasteiger partial charge in [-0.15, -0.1) is 0 Å². The summed E-state index contributed by atoms with van der Waals surface area (Å²) in [5.74, 6) is 0.303. The van der Waals surface area contributed by atoms with Crippen LogP contribution >= 0.6 is 0 Å². The lowest BCUT2D eigenvalue weighted by Gasteiger charge is -2.23. The summed E-state index contributed by atoms with van der Waals surface area (Å²) >= 11 is 0. The van der Waals surface area contributed by atoms with Crippen molar-refractivity contribution in [3.8, 4) is 5.75 Å². The van der Waals surface area contributed by atoms with E-state index in [0.717, 1.165) is 0 Å². The molecule has 1 amide bonds. The average Bonchev–Trinajstić information content (AvgIpc) is 2.46. The van der Waals surface area contributed by atoms with E-state index in [1.54, 1.807) is 18.2 Å². The molecule has 0 spiro atoms. The maximum absolute atomic E-state index is 12.0. The Bertz CT molecular complexity index is 444. The number of amides is 1. The second-order valence-electron chi connectivity index (χ2n) is 4.23. The summed E-state index contributed by atoms with van der Waals surface area (Å²) in [6, 6.07) is 4.92. The summed E-state index contributed by atoms with van der Waals surface area (Å²) in [6.07, 6.45) is -0.0895. The lowest BCUT2D eigenvalue weighted by molar-refractivity contribution is -0.0855. The van der Waals surface area contributed by atoms with Crippen LogP contribution in [0.15, 0.2) is 18.2 Å². The van der Waals surface area contributed by atoms with Gasteiger partial charge in [-0.2, -0.15) is 0 Å². The van der Waals surface area contributed by atoms with Crippen molar-refractivity contribution in [1.82, 2.24) is 5.32 Å². The molecule has 104 valence electrons. The lowest BCUT2D eigenvalue weighted by atomic mass is 10.1. The molecule has 1 atom stereocenters. The number of hydrogen-bond acceptors (Lipinski definition) is 5. The van der Waals surface area contributed by atoms with Crippen LogP contribution in [0.1, 0.15) is 10.4 Å². The second kappa shape index (κ2) is 6.40. The Morgan fingerprint density at radius 1 is 1.53 bits per heavy atom. The van der Waals surface area contributed by atoms with Gasteiger partial charge in [0.2, 0.25) is 0 Å². The fourth-order valence-electron chi connectivity index (χ4n) is 1.82. The highest BCUT2D eigenvalue weighted by atomic mass is 16.6. The van der Waals surface area contributed by atoms with Crippen molar-refractivity contribution in [1.29, 1.82) is 0 Å². The third-order valence-electron chi connectivity index (χ3n) is 2.87. The smallest absolute Gasteiger partial charge is 0.251 e. The normalized spacial score (nSPS) is 18.9. The van der Waals surface area contributed by atoms with Gasteiger partial charge >= 0.3 is 0 Å². The molecule has 0 bridgehead atoms. The molecule has 1 fully saturated rings. The Balaban J connectivity index is 1.92. The molecule has 1 saturated heterocycles. The van der Waals surface area contributed by atoms with Crippen molar-refractivity contribution < 1.29 is 19.0 Å². The van der Waals surface area contributed by atoms with Crippen LogP contribution in [0.5, 0.6) is 5.75 Å².